The Morgan fingerprint density at radius 1 is 1.29 bits per heavy atom. The molecule has 0 bridgehead atoms. The molecule has 0 unspecified atom stereocenters. The van der Waals surface area contributed by atoms with Gasteiger partial charge in [-0.15, -0.1) is 0 Å². The first-order valence-corrected chi connectivity index (χ1v) is 9.10. The third-order valence-electron chi connectivity index (χ3n) is 4.46. The number of nitrogens with zero attached hydrogens (tertiary/aromatic N) is 3. The van der Waals surface area contributed by atoms with Crippen molar-refractivity contribution in [2.24, 2.45) is 0 Å². The number of nitrogens with one attached hydrogen (secondary N) is 1. The first-order chi connectivity index (χ1) is 13.3. The van der Waals surface area contributed by atoms with E-state index in [1.807, 2.05) is 0 Å². The molecule has 0 saturated heterocycles. The zero-order valence-corrected chi connectivity index (χ0v) is 15.4. The Hall–Kier alpha value is -2.78. The highest BCUT2D eigenvalue weighted by atomic mass is 19.4. The molecule has 28 heavy (non-hydrogen) atoms. The highest BCUT2D eigenvalue weighted by Crippen LogP contribution is 2.35. The fourth-order valence-electron chi connectivity index (χ4n) is 3.14. The van der Waals surface area contributed by atoms with Crippen molar-refractivity contribution in [1.29, 1.82) is 0 Å². The van der Waals surface area contributed by atoms with Crippen molar-refractivity contribution in [3.63, 3.8) is 0 Å². The second kappa shape index (κ2) is 8.07. The molecule has 1 aliphatic rings. The van der Waals surface area contributed by atoms with Gasteiger partial charge in [-0.2, -0.15) is 18.3 Å². The molecule has 7 nitrogen and oxygen atoms in total. The minimum Gasteiger partial charge on any atom is -0.492 e. The van der Waals surface area contributed by atoms with Gasteiger partial charge in [-0.1, -0.05) is 6.42 Å². The SMILES string of the molecule is CCOc1ccc(C(F)(F)F)cc1NC(=O)Cn1nc2n(c1=O)CCCCC2. The number of anilines is 1. The Morgan fingerprint density at radius 3 is 2.79 bits per heavy atom. The largest absolute Gasteiger partial charge is 0.492 e. The van der Waals surface area contributed by atoms with Crippen LogP contribution in [0.5, 0.6) is 5.75 Å². The van der Waals surface area contributed by atoms with Crippen molar-refractivity contribution in [3.05, 3.63) is 40.1 Å². The second-order valence-electron chi connectivity index (χ2n) is 6.51. The van der Waals surface area contributed by atoms with Gasteiger partial charge in [0.2, 0.25) is 5.91 Å². The number of carbonyl (C=O) groups excluding carboxylic acids is 1. The molecular formula is C18H21F3N4O3. The zero-order valence-electron chi connectivity index (χ0n) is 15.4. The van der Waals surface area contributed by atoms with Crippen LogP contribution < -0.4 is 15.7 Å². The second-order valence-corrected chi connectivity index (χ2v) is 6.51. The number of aryl methyl sites for hydroxylation is 1. The highest BCUT2D eigenvalue weighted by molar-refractivity contribution is 5.92. The number of benzene rings is 1. The Morgan fingerprint density at radius 2 is 2.07 bits per heavy atom. The van der Waals surface area contributed by atoms with Crippen molar-refractivity contribution in [1.82, 2.24) is 14.3 Å². The van der Waals surface area contributed by atoms with E-state index >= 15 is 0 Å². The zero-order chi connectivity index (χ0) is 20.3. The Labute approximate surface area is 159 Å². The third kappa shape index (κ3) is 4.37. The van der Waals surface area contributed by atoms with Crippen LogP contribution in [0, 0.1) is 0 Å². The average molecular weight is 398 g/mol. The van der Waals surface area contributed by atoms with Gasteiger partial charge in [0.15, 0.2) is 0 Å². The van der Waals surface area contributed by atoms with Crippen LogP contribution in [0.1, 0.15) is 37.6 Å². The first kappa shape index (κ1) is 20.0. The number of rotatable bonds is 5. The molecule has 1 N–H and O–H groups in total. The molecular weight excluding hydrogens is 377 g/mol. The summed E-state index contributed by atoms with van der Waals surface area (Å²) in [6, 6.07) is 2.86. The van der Waals surface area contributed by atoms with E-state index in [-0.39, 0.29) is 30.3 Å². The number of hydrogen-bond acceptors (Lipinski definition) is 4. The van der Waals surface area contributed by atoms with Crippen molar-refractivity contribution in [2.75, 3.05) is 11.9 Å². The Bertz CT molecular complexity index is 918. The van der Waals surface area contributed by atoms with E-state index in [1.54, 1.807) is 11.5 Å². The molecule has 0 saturated carbocycles. The van der Waals surface area contributed by atoms with Crippen LogP contribution in [0.4, 0.5) is 18.9 Å². The minimum absolute atomic E-state index is 0.101. The van der Waals surface area contributed by atoms with Gasteiger partial charge in [-0.25, -0.2) is 9.48 Å². The van der Waals surface area contributed by atoms with Gasteiger partial charge in [0.25, 0.3) is 0 Å². The average Bonchev–Trinajstić information content (AvgIpc) is 2.80. The summed E-state index contributed by atoms with van der Waals surface area (Å²) in [4.78, 5) is 24.8. The minimum atomic E-state index is -4.55. The van der Waals surface area contributed by atoms with E-state index in [1.165, 1.54) is 0 Å². The summed E-state index contributed by atoms with van der Waals surface area (Å²) >= 11 is 0. The molecule has 3 rings (SSSR count). The van der Waals surface area contributed by atoms with Gasteiger partial charge in [0.05, 0.1) is 17.9 Å². The summed E-state index contributed by atoms with van der Waals surface area (Å²) < 4.78 is 46.8. The van der Waals surface area contributed by atoms with E-state index < -0.39 is 17.6 Å². The monoisotopic (exact) mass is 398 g/mol. The van der Waals surface area contributed by atoms with Crippen molar-refractivity contribution >= 4 is 11.6 Å². The molecule has 1 aromatic heterocycles. The van der Waals surface area contributed by atoms with E-state index in [0.29, 0.717) is 18.8 Å². The van der Waals surface area contributed by atoms with Crippen molar-refractivity contribution in [3.8, 4) is 5.75 Å². The topological polar surface area (TPSA) is 78.2 Å². The van der Waals surface area contributed by atoms with Gasteiger partial charge in [-0.3, -0.25) is 9.36 Å². The smallest absolute Gasteiger partial charge is 0.416 e. The molecule has 0 radical (unpaired) electrons. The summed E-state index contributed by atoms with van der Waals surface area (Å²) in [6.07, 6.45) is -1.09. The summed E-state index contributed by atoms with van der Waals surface area (Å²) in [6.45, 7) is 2.07. The molecule has 1 aromatic carbocycles. The molecule has 10 heteroatoms. The molecule has 2 heterocycles. The van der Waals surface area contributed by atoms with E-state index in [9.17, 15) is 22.8 Å². The van der Waals surface area contributed by atoms with Crippen LogP contribution in [0.2, 0.25) is 0 Å². The lowest BCUT2D eigenvalue weighted by atomic mass is 10.1. The van der Waals surface area contributed by atoms with E-state index in [2.05, 4.69) is 10.4 Å². The predicted molar refractivity (Wildman–Crippen MR) is 95.3 cm³/mol. The maximum Gasteiger partial charge on any atom is 0.416 e. The highest BCUT2D eigenvalue weighted by Gasteiger charge is 2.31. The van der Waals surface area contributed by atoms with Gasteiger partial charge in [0.1, 0.15) is 18.1 Å². The van der Waals surface area contributed by atoms with Gasteiger partial charge in [-0.05, 0) is 38.0 Å². The summed E-state index contributed by atoms with van der Waals surface area (Å²) in [5.41, 5.74) is -1.39. The normalized spacial score (nSPS) is 14.3. The van der Waals surface area contributed by atoms with Gasteiger partial charge in [0, 0.05) is 13.0 Å². The third-order valence-corrected chi connectivity index (χ3v) is 4.46. The van der Waals surface area contributed by atoms with E-state index in [0.717, 1.165) is 42.1 Å². The van der Waals surface area contributed by atoms with Crippen LogP contribution >= 0.6 is 0 Å². The van der Waals surface area contributed by atoms with Crippen LogP contribution in [-0.4, -0.2) is 26.9 Å². The van der Waals surface area contributed by atoms with Crippen LogP contribution in [0.25, 0.3) is 0 Å². The summed E-state index contributed by atoms with van der Waals surface area (Å²) in [5, 5.41) is 6.61. The lowest BCUT2D eigenvalue weighted by molar-refractivity contribution is -0.137. The fourth-order valence-corrected chi connectivity index (χ4v) is 3.14. The number of hydrogen-bond donors (Lipinski definition) is 1. The molecule has 0 spiro atoms. The molecule has 0 atom stereocenters. The van der Waals surface area contributed by atoms with Crippen molar-refractivity contribution < 1.29 is 22.7 Å². The first-order valence-electron chi connectivity index (χ1n) is 9.10. The molecule has 1 aliphatic heterocycles. The Kier molecular flexibility index (Phi) is 5.76. The maximum absolute atomic E-state index is 13.0. The predicted octanol–water partition coefficient (Wildman–Crippen LogP) is 2.83. The number of carbonyl (C=O) groups is 1. The van der Waals surface area contributed by atoms with E-state index in [4.69, 9.17) is 4.74 Å². The van der Waals surface area contributed by atoms with Gasteiger partial charge < -0.3 is 10.1 Å². The van der Waals surface area contributed by atoms with Crippen molar-refractivity contribution in [2.45, 2.75) is 51.9 Å². The van der Waals surface area contributed by atoms with Gasteiger partial charge >= 0.3 is 11.9 Å². The van der Waals surface area contributed by atoms with Crippen LogP contribution in [0.3, 0.4) is 0 Å². The number of halogens is 3. The molecule has 0 fully saturated rings. The lowest BCUT2D eigenvalue weighted by Crippen LogP contribution is -2.30. The quantitative estimate of drug-likeness (QED) is 0.840. The fraction of sp³-hybridized carbons (Fsp3) is 0.500. The standard InChI is InChI=1S/C18H21F3N4O3/c1-2-28-14-8-7-12(18(19,20)21)10-13(14)22-16(26)11-25-17(27)24-9-5-3-4-6-15(24)23-25/h7-8,10H,2-6,9,11H2,1H3,(H,22,26). The number of aromatic nitrogens is 3. The number of fused-ring (bicyclic) bond motifs is 1. The van der Waals surface area contributed by atoms with Crippen LogP contribution in [-0.2, 0) is 30.5 Å². The molecule has 1 amide bonds. The summed E-state index contributed by atoms with van der Waals surface area (Å²) in [5.74, 6) is 0.0943. The lowest BCUT2D eigenvalue weighted by Gasteiger charge is -2.14. The van der Waals surface area contributed by atoms with Crippen LogP contribution in [0.15, 0.2) is 23.0 Å². The molecule has 0 aliphatic carbocycles. The maximum atomic E-state index is 13.0. The molecule has 152 valence electrons. The number of alkyl halides is 3. The Balaban J connectivity index is 1.80. The summed E-state index contributed by atoms with van der Waals surface area (Å²) in [7, 11) is 0. The molecule has 2 aromatic rings. The number of ether oxygens (including phenoxy) is 1. The number of amides is 1.